The predicted molar refractivity (Wildman–Crippen MR) is 102 cm³/mol. The van der Waals surface area contributed by atoms with E-state index < -0.39 is 5.41 Å². The predicted octanol–water partition coefficient (Wildman–Crippen LogP) is 2.22. The van der Waals surface area contributed by atoms with E-state index in [1.54, 1.807) is 20.2 Å². The zero-order valence-electron chi connectivity index (χ0n) is 14.3. The lowest BCUT2D eigenvalue weighted by Crippen LogP contribution is -2.47. The molecule has 0 aliphatic carbocycles. The molecule has 1 rings (SSSR count). The van der Waals surface area contributed by atoms with Crippen LogP contribution in [-0.4, -0.2) is 44.5 Å². The van der Waals surface area contributed by atoms with Crippen molar-refractivity contribution in [2.45, 2.75) is 20.4 Å². The lowest BCUT2D eigenvalue weighted by atomic mass is 9.92. The molecule has 23 heavy (non-hydrogen) atoms. The van der Waals surface area contributed by atoms with Crippen molar-refractivity contribution in [2.75, 3.05) is 27.7 Å². The molecule has 0 fully saturated rings. The fraction of sp³-hybridized carbons (Fsp3) is 0.500. The Labute approximate surface area is 154 Å². The molecule has 1 aromatic rings. The average Bonchev–Trinajstić information content (AvgIpc) is 2.46. The van der Waals surface area contributed by atoms with Gasteiger partial charge in [-0.25, -0.2) is 4.39 Å². The number of nitrogens with zero attached hydrogens (tertiary/aromatic N) is 2. The molecule has 5 nitrogen and oxygen atoms in total. The van der Waals surface area contributed by atoms with Gasteiger partial charge in [0.1, 0.15) is 5.82 Å². The monoisotopic (exact) mass is 436 g/mol. The summed E-state index contributed by atoms with van der Waals surface area (Å²) >= 11 is 0. The van der Waals surface area contributed by atoms with Crippen molar-refractivity contribution in [1.82, 2.24) is 15.5 Å². The summed E-state index contributed by atoms with van der Waals surface area (Å²) in [6.07, 6.45) is 0. The Balaban J connectivity index is 0.00000484. The lowest BCUT2D eigenvalue weighted by Gasteiger charge is -2.27. The van der Waals surface area contributed by atoms with Gasteiger partial charge < -0.3 is 15.5 Å². The molecule has 0 atom stereocenters. The maximum atomic E-state index is 13.2. The Kier molecular flexibility index (Phi) is 9.11. The van der Waals surface area contributed by atoms with Crippen LogP contribution in [0.5, 0.6) is 0 Å². The molecule has 0 aliphatic heterocycles. The number of carbonyl (C=O) groups excluding carboxylic acids is 1. The number of nitrogens with one attached hydrogen (secondary N) is 2. The van der Waals surface area contributed by atoms with Crippen LogP contribution in [0, 0.1) is 11.2 Å². The van der Waals surface area contributed by atoms with Crippen molar-refractivity contribution < 1.29 is 9.18 Å². The van der Waals surface area contributed by atoms with Gasteiger partial charge in [-0.3, -0.25) is 9.79 Å². The summed E-state index contributed by atoms with van der Waals surface area (Å²) in [6.45, 7) is 4.70. The highest BCUT2D eigenvalue weighted by Gasteiger charge is 2.27. The number of halogens is 2. The highest BCUT2D eigenvalue weighted by Crippen LogP contribution is 2.13. The number of hydrogen-bond acceptors (Lipinski definition) is 2. The van der Waals surface area contributed by atoms with Crippen LogP contribution >= 0.6 is 24.0 Å². The first kappa shape index (κ1) is 21.6. The van der Waals surface area contributed by atoms with E-state index in [0.29, 0.717) is 19.0 Å². The van der Waals surface area contributed by atoms with E-state index in [4.69, 9.17) is 0 Å². The van der Waals surface area contributed by atoms with Crippen molar-refractivity contribution in [3.8, 4) is 0 Å². The molecule has 130 valence electrons. The van der Waals surface area contributed by atoms with Gasteiger partial charge in [-0.1, -0.05) is 12.1 Å². The highest BCUT2D eigenvalue weighted by atomic mass is 127. The SMILES string of the molecule is CN=C(NCC(C)(C)C(=O)NC)N(C)Cc1cccc(F)c1.I. The van der Waals surface area contributed by atoms with Crippen LogP contribution in [0.4, 0.5) is 4.39 Å². The van der Waals surface area contributed by atoms with Crippen LogP contribution in [0.2, 0.25) is 0 Å². The number of hydrogen-bond donors (Lipinski definition) is 2. The van der Waals surface area contributed by atoms with Crippen molar-refractivity contribution in [3.63, 3.8) is 0 Å². The number of carbonyl (C=O) groups is 1. The molecule has 0 bridgehead atoms. The minimum absolute atomic E-state index is 0. The molecular formula is C16H26FIN4O. The molecule has 2 N–H and O–H groups in total. The third kappa shape index (κ3) is 6.72. The van der Waals surface area contributed by atoms with Gasteiger partial charge in [-0.2, -0.15) is 0 Å². The number of aliphatic imine (C=N–C) groups is 1. The summed E-state index contributed by atoms with van der Waals surface area (Å²) in [7, 11) is 5.17. The maximum Gasteiger partial charge on any atom is 0.227 e. The number of benzene rings is 1. The molecule has 0 unspecified atom stereocenters. The standard InChI is InChI=1S/C16H25FN4O.HI/c1-16(2,14(22)18-3)11-20-15(19-4)21(5)10-12-7-6-8-13(17)9-12;/h6-9H,10-11H2,1-5H3,(H,18,22)(H,19,20);1H. The lowest BCUT2D eigenvalue weighted by molar-refractivity contribution is -0.128. The zero-order valence-corrected chi connectivity index (χ0v) is 16.6. The van der Waals surface area contributed by atoms with E-state index in [1.807, 2.05) is 31.9 Å². The Bertz CT molecular complexity index is 549. The van der Waals surface area contributed by atoms with Gasteiger partial charge in [0.15, 0.2) is 5.96 Å². The molecule has 0 aliphatic rings. The van der Waals surface area contributed by atoms with E-state index in [-0.39, 0.29) is 35.7 Å². The maximum absolute atomic E-state index is 13.2. The van der Waals surface area contributed by atoms with Crippen LogP contribution in [0.3, 0.4) is 0 Å². The molecule has 0 heterocycles. The summed E-state index contributed by atoms with van der Waals surface area (Å²) in [4.78, 5) is 17.9. The molecule has 0 radical (unpaired) electrons. The van der Waals surface area contributed by atoms with Crippen LogP contribution < -0.4 is 10.6 Å². The molecule has 1 aromatic carbocycles. The van der Waals surface area contributed by atoms with Crippen LogP contribution in [0.15, 0.2) is 29.3 Å². The normalized spacial score (nSPS) is 11.5. The minimum Gasteiger partial charge on any atom is -0.359 e. The Morgan fingerprint density at radius 1 is 1.39 bits per heavy atom. The Morgan fingerprint density at radius 3 is 2.57 bits per heavy atom. The van der Waals surface area contributed by atoms with Gasteiger partial charge in [0, 0.05) is 34.2 Å². The molecule has 1 amide bonds. The van der Waals surface area contributed by atoms with Crippen molar-refractivity contribution in [1.29, 1.82) is 0 Å². The van der Waals surface area contributed by atoms with Gasteiger partial charge in [0.05, 0.1) is 5.41 Å². The van der Waals surface area contributed by atoms with E-state index in [1.165, 1.54) is 12.1 Å². The molecule has 0 spiro atoms. The second-order valence-corrected chi connectivity index (χ2v) is 5.85. The van der Waals surface area contributed by atoms with Crippen LogP contribution in [0.25, 0.3) is 0 Å². The van der Waals surface area contributed by atoms with E-state index >= 15 is 0 Å². The van der Waals surface area contributed by atoms with Gasteiger partial charge in [0.2, 0.25) is 5.91 Å². The second-order valence-electron chi connectivity index (χ2n) is 5.85. The molecule has 7 heteroatoms. The van der Waals surface area contributed by atoms with Crippen LogP contribution in [0.1, 0.15) is 19.4 Å². The Morgan fingerprint density at radius 2 is 2.04 bits per heavy atom. The Hall–Kier alpha value is -1.38. The van der Waals surface area contributed by atoms with Crippen molar-refractivity contribution in [3.05, 3.63) is 35.6 Å². The fourth-order valence-corrected chi connectivity index (χ4v) is 2.09. The first-order valence-electron chi connectivity index (χ1n) is 7.18. The average molecular weight is 436 g/mol. The summed E-state index contributed by atoms with van der Waals surface area (Å²) in [6, 6.07) is 6.46. The number of guanidine groups is 1. The third-order valence-electron chi connectivity index (χ3n) is 3.41. The fourth-order valence-electron chi connectivity index (χ4n) is 2.09. The quantitative estimate of drug-likeness (QED) is 0.423. The zero-order chi connectivity index (χ0) is 16.8. The van der Waals surface area contributed by atoms with Crippen molar-refractivity contribution in [2.24, 2.45) is 10.4 Å². The summed E-state index contributed by atoms with van der Waals surface area (Å²) in [5.74, 6) is 0.360. The molecule has 0 aromatic heterocycles. The van der Waals surface area contributed by atoms with Crippen LogP contribution in [-0.2, 0) is 11.3 Å². The molecule has 0 saturated heterocycles. The summed E-state index contributed by atoms with van der Waals surface area (Å²) in [5.41, 5.74) is 0.306. The summed E-state index contributed by atoms with van der Waals surface area (Å²) < 4.78 is 13.2. The van der Waals surface area contributed by atoms with Gasteiger partial charge >= 0.3 is 0 Å². The summed E-state index contributed by atoms with van der Waals surface area (Å²) in [5, 5.41) is 5.83. The van der Waals surface area contributed by atoms with Gasteiger partial charge in [-0.15, -0.1) is 24.0 Å². The largest absolute Gasteiger partial charge is 0.359 e. The topological polar surface area (TPSA) is 56.7 Å². The van der Waals surface area contributed by atoms with Gasteiger partial charge in [0.25, 0.3) is 0 Å². The van der Waals surface area contributed by atoms with E-state index in [0.717, 1.165) is 5.56 Å². The molecular weight excluding hydrogens is 410 g/mol. The smallest absolute Gasteiger partial charge is 0.227 e. The number of rotatable bonds is 5. The first-order valence-corrected chi connectivity index (χ1v) is 7.18. The highest BCUT2D eigenvalue weighted by molar-refractivity contribution is 14.0. The third-order valence-corrected chi connectivity index (χ3v) is 3.41. The number of amides is 1. The molecule has 0 saturated carbocycles. The van der Waals surface area contributed by atoms with Crippen molar-refractivity contribution >= 4 is 35.8 Å². The first-order chi connectivity index (χ1) is 10.3. The minimum atomic E-state index is -0.551. The van der Waals surface area contributed by atoms with E-state index in [9.17, 15) is 9.18 Å². The second kappa shape index (κ2) is 9.69. The van der Waals surface area contributed by atoms with Gasteiger partial charge in [-0.05, 0) is 31.5 Å². The van der Waals surface area contributed by atoms with E-state index in [2.05, 4.69) is 15.6 Å².